The Labute approximate surface area is 94.6 Å². The molecule has 0 amide bonds. The summed E-state index contributed by atoms with van der Waals surface area (Å²) in [5.41, 5.74) is 5.13. The van der Waals surface area contributed by atoms with E-state index in [9.17, 15) is 10.1 Å². The van der Waals surface area contributed by atoms with E-state index in [2.05, 4.69) is 0 Å². The van der Waals surface area contributed by atoms with Gasteiger partial charge in [0.25, 0.3) is 0 Å². The molecule has 0 aliphatic heterocycles. The van der Waals surface area contributed by atoms with Gasteiger partial charge in [0.1, 0.15) is 0 Å². The summed E-state index contributed by atoms with van der Waals surface area (Å²) < 4.78 is 0. The molecule has 84 valence electrons. The molecule has 0 heterocycles. The topological polar surface area (TPSA) is 69.2 Å². The molecular formula is C12H14N2O2. The quantitative estimate of drug-likeness (QED) is 0.423. The van der Waals surface area contributed by atoms with E-state index in [1.807, 2.05) is 24.3 Å². The number of hydrogen-bond donors (Lipinski definition) is 1. The van der Waals surface area contributed by atoms with Crippen LogP contribution < -0.4 is 5.73 Å². The van der Waals surface area contributed by atoms with E-state index in [0.717, 1.165) is 6.20 Å². The van der Waals surface area contributed by atoms with Crippen LogP contribution in [0.5, 0.6) is 0 Å². The lowest BCUT2D eigenvalue weighted by Gasteiger charge is -1.75. The molecule has 2 N–H and O–H groups in total. The van der Waals surface area contributed by atoms with Gasteiger partial charge in [-0.2, -0.15) is 0 Å². The molecule has 0 bridgehead atoms. The van der Waals surface area contributed by atoms with Crippen LogP contribution in [0, 0.1) is 10.1 Å². The Balaban J connectivity index is 3.81. The van der Waals surface area contributed by atoms with Crippen molar-refractivity contribution in [1.82, 2.24) is 0 Å². The molecule has 0 saturated carbocycles. The van der Waals surface area contributed by atoms with Crippen molar-refractivity contribution in [2.45, 2.75) is 0 Å². The normalized spacial score (nSPS) is 13.5. The number of allylic oxidation sites excluding steroid dienone is 10. The van der Waals surface area contributed by atoms with Crippen LogP contribution in [-0.4, -0.2) is 4.92 Å². The van der Waals surface area contributed by atoms with E-state index in [0.29, 0.717) is 0 Å². The van der Waals surface area contributed by atoms with E-state index >= 15 is 0 Å². The van der Waals surface area contributed by atoms with Gasteiger partial charge in [-0.15, -0.1) is 0 Å². The number of nitrogens with zero attached hydrogens (tertiary/aromatic N) is 1. The number of hydrogen-bond acceptors (Lipinski definition) is 3. The SMILES string of the molecule is N/C=C/C=C/C=C/C=C/C=C/C=C/[N+](=O)[O-]. The molecule has 0 fully saturated rings. The predicted molar refractivity (Wildman–Crippen MR) is 66.0 cm³/mol. The van der Waals surface area contributed by atoms with Gasteiger partial charge in [0.05, 0.1) is 4.92 Å². The third-order valence-electron chi connectivity index (χ3n) is 1.32. The first-order chi connectivity index (χ1) is 7.77. The van der Waals surface area contributed by atoms with Crippen LogP contribution in [0.15, 0.2) is 73.2 Å². The molecule has 0 unspecified atom stereocenters. The zero-order chi connectivity index (χ0) is 12.1. The molecule has 0 rings (SSSR count). The molecule has 0 aliphatic carbocycles. The second-order valence-electron chi connectivity index (χ2n) is 2.55. The minimum atomic E-state index is -0.510. The van der Waals surface area contributed by atoms with Crippen LogP contribution >= 0.6 is 0 Å². The molecule has 0 radical (unpaired) electrons. The Hall–Kier alpha value is -2.36. The highest BCUT2D eigenvalue weighted by Crippen LogP contribution is 1.84. The summed E-state index contributed by atoms with van der Waals surface area (Å²) in [5.74, 6) is 0. The summed E-state index contributed by atoms with van der Waals surface area (Å²) >= 11 is 0. The molecular weight excluding hydrogens is 204 g/mol. The van der Waals surface area contributed by atoms with Crippen LogP contribution in [0.2, 0.25) is 0 Å². The van der Waals surface area contributed by atoms with Gasteiger partial charge in [0.2, 0.25) is 6.20 Å². The summed E-state index contributed by atoms with van der Waals surface area (Å²) in [6, 6.07) is 0. The van der Waals surface area contributed by atoms with Crippen molar-refractivity contribution in [3.63, 3.8) is 0 Å². The van der Waals surface area contributed by atoms with Gasteiger partial charge in [0, 0.05) is 6.08 Å². The van der Waals surface area contributed by atoms with Crippen molar-refractivity contribution in [1.29, 1.82) is 0 Å². The van der Waals surface area contributed by atoms with Gasteiger partial charge < -0.3 is 5.73 Å². The Morgan fingerprint density at radius 3 is 1.50 bits per heavy atom. The number of rotatable bonds is 6. The highest BCUT2D eigenvalue weighted by molar-refractivity contribution is 5.18. The minimum absolute atomic E-state index is 0.510. The van der Waals surface area contributed by atoms with Crippen molar-refractivity contribution in [3.05, 3.63) is 83.3 Å². The largest absolute Gasteiger partial charge is 0.405 e. The third kappa shape index (κ3) is 11.6. The predicted octanol–water partition coefficient (Wildman–Crippen LogP) is 2.47. The highest BCUT2D eigenvalue weighted by atomic mass is 16.6. The Bertz CT molecular complexity index is 361. The fraction of sp³-hybridized carbons (Fsp3) is 0. The lowest BCUT2D eigenvalue weighted by Crippen LogP contribution is -1.80. The first kappa shape index (κ1) is 13.6. The average molecular weight is 218 g/mol. The van der Waals surface area contributed by atoms with E-state index in [1.54, 1.807) is 30.4 Å². The van der Waals surface area contributed by atoms with Crippen molar-refractivity contribution in [2.75, 3.05) is 0 Å². The first-order valence-electron chi connectivity index (χ1n) is 4.62. The van der Waals surface area contributed by atoms with Crippen LogP contribution in [0.3, 0.4) is 0 Å². The van der Waals surface area contributed by atoms with Crippen molar-refractivity contribution in [2.24, 2.45) is 5.73 Å². The van der Waals surface area contributed by atoms with Crippen LogP contribution in [0.25, 0.3) is 0 Å². The van der Waals surface area contributed by atoms with Crippen LogP contribution in [0.1, 0.15) is 0 Å². The highest BCUT2D eigenvalue weighted by Gasteiger charge is 1.77. The molecule has 0 spiro atoms. The van der Waals surface area contributed by atoms with Crippen molar-refractivity contribution >= 4 is 0 Å². The van der Waals surface area contributed by atoms with Gasteiger partial charge >= 0.3 is 0 Å². The van der Waals surface area contributed by atoms with Gasteiger partial charge in [-0.3, -0.25) is 10.1 Å². The second-order valence-corrected chi connectivity index (χ2v) is 2.55. The molecule has 4 heteroatoms. The smallest absolute Gasteiger partial charge is 0.234 e. The Morgan fingerprint density at radius 2 is 1.12 bits per heavy atom. The molecule has 0 aliphatic rings. The second kappa shape index (κ2) is 10.7. The molecule has 16 heavy (non-hydrogen) atoms. The number of nitrogens with two attached hydrogens (primary N) is 1. The molecule has 0 aromatic heterocycles. The molecule has 0 saturated heterocycles. The van der Waals surface area contributed by atoms with Crippen LogP contribution in [-0.2, 0) is 0 Å². The minimum Gasteiger partial charge on any atom is -0.405 e. The maximum atomic E-state index is 9.89. The van der Waals surface area contributed by atoms with Gasteiger partial charge in [0.15, 0.2) is 0 Å². The standard InChI is InChI=1S/C12H14N2O2/c13-11-9-7-5-3-1-2-4-6-8-10-12-14(15)16/h1-12H,13H2/b3-1+,4-2+,7-5+,8-6+,11-9+,12-10+. The summed E-state index contributed by atoms with van der Waals surface area (Å²) in [6.07, 6.45) is 19.6. The first-order valence-corrected chi connectivity index (χ1v) is 4.62. The van der Waals surface area contributed by atoms with E-state index in [-0.39, 0.29) is 0 Å². The summed E-state index contributed by atoms with van der Waals surface area (Å²) in [4.78, 5) is 9.38. The van der Waals surface area contributed by atoms with Gasteiger partial charge in [-0.05, 0) is 12.3 Å². The summed E-state index contributed by atoms with van der Waals surface area (Å²) in [7, 11) is 0. The average Bonchev–Trinajstić information content (AvgIpc) is 2.25. The van der Waals surface area contributed by atoms with Crippen molar-refractivity contribution < 1.29 is 4.92 Å². The van der Waals surface area contributed by atoms with Gasteiger partial charge in [-0.1, -0.05) is 48.6 Å². The Kier molecular flexibility index (Phi) is 9.14. The monoisotopic (exact) mass is 218 g/mol. The van der Waals surface area contributed by atoms with Crippen molar-refractivity contribution in [3.8, 4) is 0 Å². The molecule has 0 aromatic carbocycles. The molecule has 0 aromatic rings. The van der Waals surface area contributed by atoms with E-state index in [1.165, 1.54) is 12.3 Å². The van der Waals surface area contributed by atoms with Gasteiger partial charge in [-0.25, -0.2) is 0 Å². The summed E-state index contributed by atoms with van der Waals surface area (Å²) in [5, 5.41) is 9.89. The zero-order valence-electron chi connectivity index (χ0n) is 8.77. The molecule has 0 atom stereocenters. The zero-order valence-corrected chi connectivity index (χ0v) is 8.77. The number of nitro groups is 1. The fourth-order valence-corrected chi connectivity index (χ4v) is 0.697. The fourth-order valence-electron chi connectivity index (χ4n) is 0.697. The lowest BCUT2D eigenvalue weighted by molar-refractivity contribution is -0.402. The van der Waals surface area contributed by atoms with Crippen LogP contribution in [0.4, 0.5) is 0 Å². The Morgan fingerprint density at radius 1 is 0.750 bits per heavy atom. The maximum absolute atomic E-state index is 9.89. The maximum Gasteiger partial charge on any atom is 0.234 e. The lowest BCUT2D eigenvalue weighted by atomic mass is 10.3. The third-order valence-corrected chi connectivity index (χ3v) is 1.32. The molecule has 4 nitrogen and oxygen atoms in total. The van der Waals surface area contributed by atoms with E-state index < -0.39 is 4.92 Å². The summed E-state index contributed by atoms with van der Waals surface area (Å²) in [6.45, 7) is 0. The van der Waals surface area contributed by atoms with E-state index in [4.69, 9.17) is 5.73 Å².